The molecular weight excluding hydrogens is 240 g/mol. The van der Waals surface area contributed by atoms with Crippen LogP contribution in [0.3, 0.4) is 0 Å². The van der Waals surface area contributed by atoms with E-state index >= 15 is 0 Å². The predicted octanol–water partition coefficient (Wildman–Crippen LogP) is 0.892. The van der Waals surface area contributed by atoms with E-state index in [9.17, 15) is 13.2 Å². The highest BCUT2D eigenvalue weighted by Gasteiger charge is 2.31. The van der Waals surface area contributed by atoms with Gasteiger partial charge in [0, 0.05) is 12.0 Å². The van der Waals surface area contributed by atoms with E-state index in [0.717, 1.165) is 31.2 Å². The van der Waals surface area contributed by atoms with Crippen LogP contribution in [0.2, 0.25) is 0 Å². The van der Waals surface area contributed by atoms with Gasteiger partial charge in [-0.2, -0.15) is 5.10 Å². The number of nitrogens with zero attached hydrogens (tertiary/aromatic N) is 2. The first-order valence-electron chi connectivity index (χ1n) is 5.86. The number of sulfone groups is 1. The molecule has 17 heavy (non-hydrogen) atoms. The SMILES string of the molecule is O=Cc1c2c(nn1C1CCC1)CCS(=O)(=O)C2. The Balaban J connectivity index is 2.09. The van der Waals surface area contributed by atoms with Gasteiger partial charge in [0.1, 0.15) is 5.69 Å². The zero-order chi connectivity index (χ0) is 12.0. The summed E-state index contributed by atoms with van der Waals surface area (Å²) < 4.78 is 24.9. The summed E-state index contributed by atoms with van der Waals surface area (Å²) >= 11 is 0. The second-order valence-corrected chi connectivity index (χ2v) is 6.98. The van der Waals surface area contributed by atoms with Crippen molar-refractivity contribution >= 4 is 16.1 Å². The van der Waals surface area contributed by atoms with Gasteiger partial charge in [0.05, 0.1) is 23.2 Å². The van der Waals surface area contributed by atoms with Crippen molar-refractivity contribution in [2.45, 2.75) is 37.5 Å². The fourth-order valence-electron chi connectivity index (χ4n) is 2.47. The van der Waals surface area contributed by atoms with Crippen LogP contribution in [0.5, 0.6) is 0 Å². The van der Waals surface area contributed by atoms with Crippen LogP contribution in [0.1, 0.15) is 47.1 Å². The number of carbonyl (C=O) groups is 1. The van der Waals surface area contributed by atoms with E-state index in [1.165, 1.54) is 0 Å². The first-order chi connectivity index (χ1) is 8.11. The highest BCUT2D eigenvalue weighted by molar-refractivity contribution is 7.90. The Hall–Kier alpha value is -1.17. The predicted molar refractivity (Wildman–Crippen MR) is 61.7 cm³/mol. The minimum atomic E-state index is -3.04. The van der Waals surface area contributed by atoms with Gasteiger partial charge in [0.2, 0.25) is 0 Å². The van der Waals surface area contributed by atoms with Crippen LogP contribution in [-0.2, 0) is 22.0 Å². The third-order valence-electron chi connectivity index (χ3n) is 3.68. The summed E-state index contributed by atoms with van der Waals surface area (Å²) in [6.45, 7) is 0. The molecule has 0 aromatic carbocycles. The lowest BCUT2D eigenvalue weighted by atomic mass is 9.93. The van der Waals surface area contributed by atoms with Crippen LogP contribution in [0.15, 0.2) is 0 Å². The Kier molecular flexibility index (Phi) is 2.36. The second kappa shape index (κ2) is 3.66. The number of fused-ring (bicyclic) bond motifs is 1. The summed E-state index contributed by atoms with van der Waals surface area (Å²) in [7, 11) is -3.04. The van der Waals surface area contributed by atoms with Crippen molar-refractivity contribution in [1.29, 1.82) is 0 Å². The second-order valence-electron chi connectivity index (χ2n) is 4.80. The monoisotopic (exact) mass is 254 g/mol. The molecule has 2 heterocycles. The molecule has 2 aliphatic rings. The van der Waals surface area contributed by atoms with Crippen LogP contribution in [0, 0.1) is 0 Å². The van der Waals surface area contributed by atoms with E-state index in [1.807, 2.05) is 0 Å². The van der Waals surface area contributed by atoms with Crippen LogP contribution >= 0.6 is 0 Å². The minimum absolute atomic E-state index is 0.0247. The summed E-state index contributed by atoms with van der Waals surface area (Å²) in [5.41, 5.74) is 1.92. The lowest BCUT2D eigenvalue weighted by Crippen LogP contribution is -2.20. The maximum atomic E-state index is 11.6. The van der Waals surface area contributed by atoms with Crippen LogP contribution in [-0.4, -0.2) is 30.2 Å². The highest BCUT2D eigenvalue weighted by Crippen LogP contribution is 2.34. The van der Waals surface area contributed by atoms with Crippen molar-refractivity contribution in [3.8, 4) is 0 Å². The zero-order valence-corrected chi connectivity index (χ0v) is 10.2. The average Bonchev–Trinajstić information content (AvgIpc) is 2.51. The molecule has 1 aliphatic heterocycles. The minimum Gasteiger partial charge on any atom is -0.296 e. The Bertz CT molecular complexity index is 570. The smallest absolute Gasteiger partial charge is 0.168 e. The van der Waals surface area contributed by atoms with Gasteiger partial charge in [-0.25, -0.2) is 8.42 Å². The Morgan fingerprint density at radius 1 is 1.35 bits per heavy atom. The zero-order valence-electron chi connectivity index (χ0n) is 9.42. The van der Waals surface area contributed by atoms with Gasteiger partial charge in [-0.3, -0.25) is 9.48 Å². The third-order valence-corrected chi connectivity index (χ3v) is 5.23. The van der Waals surface area contributed by atoms with E-state index in [0.29, 0.717) is 23.7 Å². The summed E-state index contributed by atoms with van der Waals surface area (Å²) in [6.07, 6.45) is 4.43. The molecule has 1 aromatic heterocycles. The van der Waals surface area contributed by atoms with Gasteiger partial charge in [-0.05, 0) is 19.3 Å². The number of aldehydes is 1. The fourth-order valence-corrected chi connectivity index (χ4v) is 3.87. The molecule has 1 aromatic rings. The Morgan fingerprint density at radius 3 is 2.71 bits per heavy atom. The van der Waals surface area contributed by atoms with Gasteiger partial charge < -0.3 is 0 Å². The van der Waals surface area contributed by atoms with Crippen molar-refractivity contribution in [2.24, 2.45) is 0 Å². The van der Waals surface area contributed by atoms with Gasteiger partial charge >= 0.3 is 0 Å². The molecule has 0 saturated heterocycles. The molecule has 0 N–H and O–H groups in total. The molecule has 0 radical (unpaired) electrons. The molecule has 0 spiro atoms. The van der Waals surface area contributed by atoms with Crippen molar-refractivity contribution in [2.75, 3.05) is 5.75 Å². The first-order valence-corrected chi connectivity index (χ1v) is 7.69. The fraction of sp³-hybridized carbons (Fsp3) is 0.636. The largest absolute Gasteiger partial charge is 0.296 e. The maximum Gasteiger partial charge on any atom is 0.168 e. The number of hydrogen-bond acceptors (Lipinski definition) is 4. The molecule has 5 nitrogen and oxygen atoms in total. The van der Waals surface area contributed by atoms with E-state index in [-0.39, 0.29) is 11.5 Å². The van der Waals surface area contributed by atoms with Crippen molar-refractivity contribution < 1.29 is 13.2 Å². The summed E-state index contributed by atoms with van der Waals surface area (Å²) in [5.74, 6) is 0.128. The Labute approximate surface area is 99.7 Å². The summed E-state index contributed by atoms with van der Waals surface area (Å²) in [6, 6.07) is 0.295. The molecule has 0 atom stereocenters. The maximum absolute atomic E-state index is 11.6. The van der Waals surface area contributed by atoms with E-state index in [1.54, 1.807) is 4.68 Å². The van der Waals surface area contributed by atoms with E-state index < -0.39 is 9.84 Å². The molecule has 0 amide bonds. The number of aromatic nitrogens is 2. The molecule has 6 heteroatoms. The molecule has 1 saturated carbocycles. The van der Waals surface area contributed by atoms with Crippen LogP contribution in [0.25, 0.3) is 0 Å². The molecule has 92 valence electrons. The van der Waals surface area contributed by atoms with Crippen LogP contribution in [0.4, 0.5) is 0 Å². The normalized spacial score (nSPS) is 22.8. The van der Waals surface area contributed by atoms with E-state index in [2.05, 4.69) is 5.10 Å². The average molecular weight is 254 g/mol. The van der Waals surface area contributed by atoms with Crippen LogP contribution < -0.4 is 0 Å². The molecule has 1 aliphatic carbocycles. The molecule has 0 bridgehead atoms. The quantitative estimate of drug-likeness (QED) is 0.735. The first kappa shape index (κ1) is 11.0. The summed E-state index contributed by atoms with van der Waals surface area (Å²) in [5, 5.41) is 4.43. The van der Waals surface area contributed by atoms with Crippen molar-refractivity contribution in [3.05, 3.63) is 17.0 Å². The number of carbonyl (C=O) groups excluding carboxylic acids is 1. The van der Waals surface area contributed by atoms with Crippen molar-refractivity contribution in [3.63, 3.8) is 0 Å². The Morgan fingerprint density at radius 2 is 2.12 bits per heavy atom. The lowest BCUT2D eigenvalue weighted by Gasteiger charge is -2.26. The van der Waals surface area contributed by atoms with Gasteiger partial charge in [0.25, 0.3) is 0 Å². The molecular formula is C11H14N2O3S. The van der Waals surface area contributed by atoms with Crippen molar-refractivity contribution in [1.82, 2.24) is 9.78 Å². The van der Waals surface area contributed by atoms with Gasteiger partial charge in [-0.15, -0.1) is 0 Å². The lowest BCUT2D eigenvalue weighted by molar-refractivity contribution is 0.110. The third kappa shape index (κ3) is 1.71. The standard InChI is InChI=1S/C11H14N2O3S/c14-6-11-9-7-17(15,16)5-4-10(9)12-13(11)8-2-1-3-8/h6,8H,1-5,7H2. The summed E-state index contributed by atoms with van der Waals surface area (Å²) in [4.78, 5) is 11.2. The molecule has 0 unspecified atom stereocenters. The van der Waals surface area contributed by atoms with Gasteiger partial charge in [0.15, 0.2) is 16.1 Å². The number of aryl methyl sites for hydroxylation is 1. The number of rotatable bonds is 2. The molecule has 1 fully saturated rings. The topological polar surface area (TPSA) is 69.0 Å². The van der Waals surface area contributed by atoms with E-state index in [4.69, 9.17) is 0 Å². The van der Waals surface area contributed by atoms with Gasteiger partial charge in [-0.1, -0.05) is 0 Å². The molecule has 3 rings (SSSR count). The number of hydrogen-bond donors (Lipinski definition) is 0. The highest BCUT2D eigenvalue weighted by atomic mass is 32.2.